The molecule has 3 aromatic carbocycles. The Kier molecular flexibility index (Phi) is 5.17. The number of fused-ring (bicyclic) bond motifs is 2. The Morgan fingerprint density at radius 3 is 2.26 bits per heavy atom. The van der Waals surface area contributed by atoms with Crippen LogP contribution in [0.4, 0.5) is 0 Å². The number of hydrogen-bond donors (Lipinski definition) is 1. The van der Waals surface area contributed by atoms with Crippen molar-refractivity contribution in [2.75, 3.05) is 0 Å². The normalized spacial score (nSPS) is 11.4. The largest absolute Gasteiger partial charge is 0.456 e. The molecule has 6 aromatic rings. The van der Waals surface area contributed by atoms with Crippen LogP contribution in [0.3, 0.4) is 0 Å². The van der Waals surface area contributed by atoms with Gasteiger partial charge in [-0.3, -0.25) is 4.79 Å². The van der Waals surface area contributed by atoms with Gasteiger partial charge < -0.3 is 9.52 Å². The highest BCUT2D eigenvalue weighted by Crippen LogP contribution is 2.40. The molecule has 0 atom stereocenters. The second-order valence-corrected chi connectivity index (χ2v) is 8.50. The molecule has 0 spiro atoms. The molecule has 35 heavy (non-hydrogen) atoms. The minimum Gasteiger partial charge on any atom is -0.456 e. The number of aliphatic hydroxyl groups is 1. The summed E-state index contributed by atoms with van der Waals surface area (Å²) in [6, 6.07) is 28.0. The van der Waals surface area contributed by atoms with Gasteiger partial charge in [0.1, 0.15) is 18.1 Å². The Balaban J connectivity index is 1.85. The molecule has 170 valence electrons. The van der Waals surface area contributed by atoms with Crippen molar-refractivity contribution < 1.29 is 9.52 Å². The maximum Gasteiger partial charge on any atom is 0.211 e. The fraction of sp³-hybridized carbons (Fsp3) is 0.0357. The third kappa shape index (κ3) is 3.60. The molecule has 0 bridgehead atoms. The highest BCUT2D eigenvalue weighted by molar-refractivity contribution is 6.30. The Morgan fingerprint density at radius 2 is 1.57 bits per heavy atom. The minimum absolute atomic E-state index is 0.163. The predicted molar refractivity (Wildman–Crippen MR) is 137 cm³/mol. The molecule has 0 aliphatic carbocycles. The third-order valence-electron chi connectivity index (χ3n) is 5.87. The number of aromatic nitrogens is 3. The molecule has 0 saturated carbocycles. The predicted octanol–water partition coefficient (Wildman–Crippen LogP) is 6.01. The van der Waals surface area contributed by atoms with Crippen LogP contribution in [0.5, 0.6) is 0 Å². The molecule has 0 aliphatic heterocycles. The standard InChI is InChI=1S/C28H18ClN3O3/c29-19-13-11-17(12-14-19)23-24-25(18-7-3-1-4-8-18)31-32(20-9-5-2-6-10-20)28(24)30-26-22(34)15-21(16-33)35-27(23)26/h1-15,33H,16H2. The zero-order valence-corrected chi connectivity index (χ0v) is 19.1. The van der Waals surface area contributed by atoms with Gasteiger partial charge in [-0.1, -0.05) is 72.3 Å². The van der Waals surface area contributed by atoms with Crippen molar-refractivity contribution in [3.63, 3.8) is 0 Å². The quantitative estimate of drug-likeness (QED) is 0.335. The molecular formula is C28H18ClN3O3. The average molecular weight is 480 g/mol. The Labute approximate surface area is 204 Å². The van der Waals surface area contributed by atoms with E-state index in [1.807, 2.05) is 72.8 Å². The zero-order valence-electron chi connectivity index (χ0n) is 18.4. The van der Waals surface area contributed by atoms with Crippen molar-refractivity contribution in [3.05, 3.63) is 112 Å². The Morgan fingerprint density at radius 1 is 0.886 bits per heavy atom. The second kappa shape index (κ2) is 8.51. The van der Waals surface area contributed by atoms with E-state index < -0.39 is 6.61 Å². The van der Waals surface area contributed by atoms with Crippen molar-refractivity contribution in [3.8, 4) is 28.1 Å². The number of para-hydroxylation sites is 1. The summed E-state index contributed by atoms with van der Waals surface area (Å²) in [5.41, 5.74) is 4.49. The summed E-state index contributed by atoms with van der Waals surface area (Å²) in [6.07, 6.45) is 0. The molecule has 6 nitrogen and oxygen atoms in total. The Bertz CT molecular complexity index is 1740. The van der Waals surface area contributed by atoms with Gasteiger partial charge >= 0.3 is 0 Å². The van der Waals surface area contributed by atoms with Crippen LogP contribution < -0.4 is 5.43 Å². The van der Waals surface area contributed by atoms with E-state index in [0.717, 1.165) is 22.2 Å². The van der Waals surface area contributed by atoms with E-state index in [2.05, 4.69) is 0 Å². The van der Waals surface area contributed by atoms with E-state index in [0.29, 0.717) is 27.5 Å². The van der Waals surface area contributed by atoms with Gasteiger partial charge in [-0.25, -0.2) is 9.67 Å². The first-order valence-corrected chi connectivity index (χ1v) is 11.4. The summed E-state index contributed by atoms with van der Waals surface area (Å²) >= 11 is 6.18. The number of halogens is 1. The molecule has 0 fully saturated rings. The fourth-order valence-corrected chi connectivity index (χ4v) is 4.42. The van der Waals surface area contributed by atoms with Crippen molar-refractivity contribution in [2.45, 2.75) is 6.61 Å². The van der Waals surface area contributed by atoms with Crippen LogP contribution >= 0.6 is 11.6 Å². The van der Waals surface area contributed by atoms with Crippen LogP contribution in [-0.4, -0.2) is 19.9 Å². The molecule has 6 rings (SSSR count). The van der Waals surface area contributed by atoms with Crippen molar-refractivity contribution in [1.29, 1.82) is 0 Å². The fourth-order valence-electron chi connectivity index (χ4n) is 4.29. The summed E-state index contributed by atoms with van der Waals surface area (Å²) in [5, 5.41) is 16.0. The monoisotopic (exact) mass is 479 g/mol. The van der Waals surface area contributed by atoms with Gasteiger partial charge in [-0.2, -0.15) is 5.10 Å². The van der Waals surface area contributed by atoms with E-state index >= 15 is 0 Å². The van der Waals surface area contributed by atoms with Crippen LogP contribution in [0.2, 0.25) is 5.02 Å². The number of hydrogen-bond acceptors (Lipinski definition) is 5. The molecule has 0 unspecified atom stereocenters. The van der Waals surface area contributed by atoms with E-state index in [1.165, 1.54) is 6.07 Å². The molecular weight excluding hydrogens is 462 g/mol. The summed E-state index contributed by atoms with van der Waals surface area (Å²) in [7, 11) is 0. The average Bonchev–Trinajstić information content (AvgIpc) is 3.28. The number of pyridine rings is 1. The SMILES string of the molecule is O=c1cc(CO)oc2c(-c3ccc(Cl)cc3)c3c(-c4ccccc4)nn(-c4ccccc4)c3nc12. The molecule has 0 radical (unpaired) electrons. The lowest BCUT2D eigenvalue weighted by molar-refractivity contribution is 0.249. The lowest BCUT2D eigenvalue weighted by Gasteiger charge is -2.11. The van der Waals surface area contributed by atoms with E-state index in [-0.39, 0.29) is 16.7 Å². The number of benzene rings is 3. The molecule has 0 saturated heterocycles. The first kappa shape index (κ1) is 21.3. The van der Waals surface area contributed by atoms with Gasteiger partial charge in [0, 0.05) is 22.2 Å². The van der Waals surface area contributed by atoms with Crippen LogP contribution in [0.25, 0.3) is 50.2 Å². The molecule has 7 heteroatoms. The van der Waals surface area contributed by atoms with Crippen LogP contribution in [0.15, 0.2) is 100 Å². The molecule has 1 N–H and O–H groups in total. The van der Waals surface area contributed by atoms with Gasteiger partial charge in [-0.15, -0.1) is 0 Å². The molecule has 0 aliphatic rings. The van der Waals surface area contributed by atoms with Crippen molar-refractivity contribution >= 4 is 33.7 Å². The second-order valence-electron chi connectivity index (χ2n) is 8.07. The van der Waals surface area contributed by atoms with E-state index in [1.54, 1.807) is 16.8 Å². The van der Waals surface area contributed by atoms with Gasteiger partial charge in [0.15, 0.2) is 16.7 Å². The maximum atomic E-state index is 13.1. The third-order valence-corrected chi connectivity index (χ3v) is 6.12. The zero-order chi connectivity index (χ0) is 23.9. The lowest BCUT2D eigenvalue weighted by Crippen LogP contribution is -2.07. The molecule has 0 amide bonds. The number of nitrogens with zero attached hydrogens (tertiary/aromatic N) is 3. The molecule has 3 heterocycles. The van der Waals surface area contributed by atoms with Gasteiger partial charge in [0.05, 0.1) is 11.1 Å². The first-order valence-electron chi connectivity index (χ1n) is 11.0. The maximum absolute atomic E-state index is 13.1. The molecule has 3 aromatic heterocycles. The minimum atomic E-state index is -0.405. The Hall–Kier alpha value is -4.26. The topological polar surface area (TPSA) is 81.1 Å². The summed E-state index contributed by atoms with van der Waals surface area (Å²) < 4.78 is 7.78. The number of aliphatic hydroxyl groups excluding tert-OH is 1. The summed E-state index contributed by atoms with van der Waals surface area (Å²) in [5.74, 6) is 0.163. The highest BCUT2D eigenvalue weighted by Gasteiger charge is 2.24. The van der Waals surface area contributed by atoms with Crippen LogP contribution in [0, 0.1) is 0 Å². The van der Waals surface area contributed by atoms with Crippen LogP contribution in [0.1, 0.15) is 5.76 Å². The van der Waals surface area contributed by atoms with Gasteiger partial charge in [0.25, 0.3) is 0 Å². The van der Waals surface area contributed by atoms with E-state index in [4.69, 9.17) is 26.1 Å². The summed E-state index contributed by atoms with van der Waals surface area (Å²) in [6.45, 7) is -0.405. The van der Waals surface area contributed by atoms with E-state index in [9.17, 15) is 9.90 Å². The number of rotatable bonds is 4. The smallest absolute Gasteiger partial charge is 0.211 e. The summed E-state index contributed by atoms with van der Waals surface area (Å²) in [4.78, 5) is 17.8. The lowest BCUT2D eigenvalue weighted by atomic mass is 9.98. The highest BCUT2D eigenvalue weighted by atomic mass is 35.5. The van der Waals surface area contributed by atoms with Crippen molar-refractivity contribution in [2.24, 2.45) is 0 Å². The first-order chi connectivity index (χ1) is 17.1. The van der Waals surface area contributed by atoms with Gasteiger partial charge in [0.2, 0.25) is 5.43 Å². The van der Waals surface area contributed by atoms with Gasteiger partial charge in [-0.05, 0) is 29.8 Å². The van der Waals surface area contributed by atoms with Crippen molar-refractivity contribution in [1.82, 2.24) is 14.8 Å². The van der Waals surface area contributed by atoms with Crippen LogP contribution in [-0.2, 0) is 6.61 Å².